The lowest BCUT2D eigenvalue weighted by atomic mass is 9.93. The van der Waals surface area contributed by atoms with Crippen LogP contribution in [0.2, 0.25) is 25.2 Å². The molecule has 0 radical (unpaired) electrons. The van der Waals surface area contributed by atoms with Crippen LogP contribution in [0.5, 0.6) is 0 Å². The monoisotopic (exact) mass is 192 g/mol. The number of hydrogen-bond acceptors (Lipinski definition) is 0. The van der Waals surface area contributed by atoms with E-state index in [1.165, 1.54) is 25.7 Å². The Morgan fingerprint density at radius 3 is 2.54 bits per heavy atom. The molecule has 0 saturated carbocycles. The van der Waals surface area contributed by atoms with Crippen molar-refractivity contribution in [2.45, 2.75) is 50.9 Å². The van der Waals surface area contributed by atoms with Gasteiger partial charge in [-0.05, 0) is 36.8 Å². The van der Waals surface area contributed by atoms with E-state index in [1.807, 2.05) is 5.57 Å². The third-order valence-corrected chi connectivity index (χ3v) is 5.76. The highest BCUT2D eigenvalue weighted by Crippen LogP contribution is 2.44. The van der Waals surface area contributed by atoms with E-state index in [-0.39, 0.29) is 0 Å². The van der Waals surface area contributed by atoms with Gasteiger partial charge in [-0.3, -0.25) is 0 Å². The highest BCUT2D eigenvalue weighted by atomic mass is 28.3. The van der Waals surface area contributed by atoms with Crippen molar-refractivity contribution in [3.05, 3.63) is 23.3 Å². The largest absolute Gasteiger partial charge is 0.0798 e. The highest BCUT2D eigenvalue weighted by molar-refractivity contribution is 6.78. The van der Waals surface area contributed by atoms with Gasteiger partial charge in [-0.1, -0.05) is 37.4 Å². The molecule has 0 amide bonds. The van der Waals surface area contributed by atoms with Gasteiger partial charge in [0.15, 0.2) is 0 Å². The second-order valence-corrected chi connectivity index (χ2v) is 10.8. The zero-order valence-electron chi connectivity index (χ0n) is 9.06. The fraction of sp³-hybridized carbons (Fsp3) is 0.667. The van der Waals surface area contributed by atoms with Gasteiger partial charge < -0.3 is 0 Å². The summed E-state index contributed by atoms with van der Waals surface area (Å²) in [4.78, 5) is 0. The third kappa shape index (κ3) is 1.67. The minimum atomic E-state index is -0.977. The molecule has 0 aromatic rings. The van der Waals surface area contributed by atoms with Crippen molar-refractivity contribution in [1.29, 1.82) is 0 Å². The molecule has 72 valence electrons. The van der Waals surface area contributed by atoms with Crippen LogP contribution >= 0.6 is 0 Å². The predicted octanol–water partition coefficient (Wildman–Crippen LogP) is 4.14. The van der Waals surface area contributed by atoms with Crippen molar-refractivity contribution in [2.24, 2.45) is 0 Å². The quantitative estimate of drug-likeness (QED) is 0.548. The zero-order valence-corrected chi connectivity index (χ0v) is 10.1. The highest BCUT2D eigenvalue weighted by Gasteiger charge is 2.32. The van der Waals surface area contributed by atoms with Crippen LogP contribution in [0.15, 0.2) is 23.3 Å². The minimum Gasteiger partial charge on any atom is -0.0798 e. The summed E-state index contributed by atoms with van der Waals surface area (Å²) in [6, 6.07) is 0. The zero-order chi connectivity index (χ0) is 9.47. The molecule has 0 spiro atoms. The van der Waals surface area contributed by atoms with E-state index < -0.39 is 8.07 Å². The van der Waals surface area contributed by atoms with Gasteiger partial charge in [-0.15, -0.1) is 0 Å². The van der Waals surface area contributed by atoms with E-state index in [0.717, 1.165) is 5.54 Å². The van der Waals surface area contributed by atoms with Crippen molar-refractivity contribution in [3.8, 4) is 0 Å². The van der Waals surface area contributed by atoms with Crippen LogP contribution in [0.1, 0.15) is 25.7 Å². The SMILES string of the molecule is C[Si](C)(C)[C@@H]1C=CC2=C1CCCC2. The predicted molar refractivity (Wildman–Crippen MR) is 61.7 cm³/mol. The van der Waals surface area contributed by atoms with E-state index in [0.29, 0.717) is 0 Å². The van der Waals surface area contributed by atoms with Gasteiger partial charge in [0, 0.05) is 0 Å². The molecular formula is C12H20Si. The molecule has 0 nitrogen and oxygen atoms in total. The van der Waals surface area contributed by atoms with Gasteiger partial charge in [0.2, 0.25) is 0 Å². The van der Waals surface area contributed by atoms with Crippen molar-refractivity contribution in [1.82, 2.24) is 0 Å². The van der Waals surface area contributed by atoms with Gasteiger partial charge in [0.05, 0.1) is 8.07 Å². The van der Waals surface area contributed by atoms with E-state index >= 15 is 0 Å². The summed E-state index contributed by atoms with van der Waals surface area (Å²) in [7, 11) is -0.977. The molecule has 0 heterocycles. The van der Waals surface area contributed by atoms with Crippen LogP contribution in [0, 0.1) is 0 Å². The summed E-state index contributed by atoms with van der Waals surface area (Å²) in [6.07, 6.45) is 10.5. The molecule has 0 aromatic heterocycles. The maximum absolute atomic E-state index is 2.49. The first-order valence-corrected chi connectivity index (χ1v) is 9.07. The van der Waals surface area contributed by atoms with E-state index in [9.17, 15) is 0 Å². The molecule has 0 aromatic carbocycles. The van der Waals surface area contributed by atoms with E-state index in [1.54, 1.807) is 5.57 Å². The first kappa shape index (κ1) is 9.26. The lowest BCUT2D eigenvalue weighted by Gasteiger charge is -2.28. The van der Waals surface area contributed by atoms with E-state index in [4.69, 9.17) is 0 Å². The van der Waals surface area contributed by atoms with Gasteiger partial charge in [0.1, 0.15) is 0 Å². The Morgan fingerprint density at radius 1 is 1.15 bits per heavy atom. The lowest BCUT2D eigenvalue weighted by Crippen LogP contribution is -2.27. The molecule has 2 aliphatic carbocycles. The summed E-state index contributed by atoms with van der Waals surface area (Å²) in [5.74, 6) is 0. The van der Waals surface area contributed by atoms with Crippen molar-refractivity contribution in [3.63, 3.8) is 0 Å². The normalized spacial score (nSPS) is 28.1. The van der Waals surface area contributed by atoms with Gasteiger partial charge in [0.25, 0.3) is 0 Å². The minimum absolute atomic E-state index is 0.864. The maximum Gasteiger partial charge on any atom is 0.0561 e. The molecule has 1 atom stereocenters. The number of rotatable bonds is 1. The fourth-order valence-electron chi connectivity index (χ4n) is 2.64. The second kappa shape index (κ2) is 3.12. The summed E-state index contributed by atoms with van der Waals surface area (Å²) < 4.78 is 0. The Balaban J connectivity index is 2.26. The molecule has 2 rings (SSSR count). The number of hydrogen-bond donors (Lipinski definition) is 0. The second-order valence-electron chi connectivity index (χ2n) is 5.46. The molecule has 0 unspecified atom stereocenters. The van der Waals surface area contributed by atoms with Crippen LogP contribution in [0.4, 0.5) is 0 Å². The van der Waals surface area contributed by atoms with Crippen LogP contribution in [-0.4, -0.2) is 8.07 Å². The Kier molecular flexibility index (Phi) is 2.23. The molecule has 13 heavy (non-hydrogen) atoms. The van der Waals surface area contributed by atoms with Gasteiger partial charge >= 0.3 is 0 Å². The van der Waals surface area contributed by atoms with Crippen LogP contribution in [0.3, 0.4) is 0 Å². The smallest absolute Gasteiger partial charge is 0.0561 e. The Bertz CT molecular complexity index is 265. The van der Waals surface area contributed by atoms with Crippen LogP contribution < -0.4 is 0 Å². The Morgan fingerprint density at radius 2 is 1.85 bits per heavy atom. The first-order chi connectivity index (χ1) is 6.09. The molecule has 0 fully saturated rings. The molecule has 0 saturated heterocycles. The molecular weight excluding hydrogens is 172 g/mol. The molecule has 0 N–H and O–H groups in total. The fourth-order valence-corrected chi connectivity index (χ4v) is 4.69. The molecule has 1 heteroatoms. The standard InChI is InChI=1S/C12H20Si/c1-13(2,3)12-9-8-10-6-4-5-7-11(10)12/h8-9,12H,4-7H2,1-3H3/t12-/m1/s1. The Hall–Kier alpha value is -0.303. The van der Waals surface area contributed by atoms with Crippen LogP contribution in [-0.2, 0) is 0 Å². The lowest BCUT2D eigenvalue weighted by molar-refractivity contribution is 0.678. The average molecular weight is 192 g/mol. The van der Waals surface area contributed by atoms with Crippen LogP contribution in [0.25, 0.3) is 0 Å². The third-order valence-electron chi connectivity index (χ3n) is 3.35. The summed E-state index contributed by atoms with van der Waals surface area (Å²) >= 11 is 0. The van der Waals surface area contributed by atoms with Gasteiger partial charge in [-0.25, -0.2) is 0 Å². The number of allylic oxidation sites excluding steroid dienone is 4. The van der Waals surface area contributed by atoms with Crippen molar-refractivity contribution >= 4 is 8.07 Å². The maximum atomic E-state index is 2.49. The average Bonchev–Trinajstić information content (AvgIpc) is 2.45. The molecule has 2 aliphatic rings. The molecule has 0 bridgehead atoms. The summed E-state index contributed by atoms with van der Waals surface area (Å²) in [5, 5.41) is 0. The van der Waals surface area contributed by atoms with Gasteiger partial charge in [-0.2, -0.15) is 0 Å². The van der Waals surface area contributed by atoms with Crippen molar-refractivity contribution < 1.29 is 0 Å². The molecule has 0 aliphatic heterocycles. The summed E-state index contributed by atoms with van der Waals surface area (Å²) in [5.41, 5.74) is 4.37. The summed E-state index contributed by atoms with van der Waals surface area (Å²) in [6.45, 7) is 7.48. The van der Waals surface area contributed by atoms with Crippen molar-refractivity contribution in [2.75, 3.05) is 0 Å². The Labute approximate surface area is 82.7 Å². The topological polar surface area (TPSA) is 0 Å². The first-order valence-electron chi connectivity index (χ1n) is 5.49. The van der Waals surface area contributed by atoms with E-state index in [2.05, 4.69) is 31.8 Å².